The summed E-state index contributed by atoms with van der Waals surface area (Å²) >= 11 is 0. The molecule has 2 heterocycles. The lowest BCUT2D eigenvalue weighted by Crippen LogP contribution is -2.46. The van der Waals surface area contributed by atoms with Crippen LogP contribution in [0.5, 0.6) is 0 Å². The van der Waals surface area contributed by atoms with Crippen molar-refractivity contribution in [2.24, 2.45) is 0 Å². The van der Waals surface area contributed by atoms with Gasteiger partial charge in [-0.2, -0.15) is 0 Å². The molecule has 0 bridgehead atoms. The van der Waals surface area contributed by atoms with E-state index in [4.69, 9.17) is 4.42 Å². The molecule has 1 N–H and O–H groups in total. The van der Waals surface area contributed by atoms with Crippen LogP contribution in [-0.4, -0.2) is 35.8 Å². The molecule has 2 fully saturated rings. The topological polar surface area (TPSA) is 62.6 Å². The van der Waals surface area contributed by atoms with Crippen molar-refractivity contribution in [1.29, 1.82) is 0 Å². The summed E-state index contributed by atoms with van der Waals surface area (Å²) in [5.41, 5.74) is 2.13. The molecule has 2 aromatic rings. The third kappa shape index (κ3) is 4.72. The van der Waals surface area contributed by atoms with E-state index >= 15 is 0 Å². The van der Waals surface area contributed by atoms with E-state index in [0.717, 1.165) is 24.2 Å². The molecule has 2 aliphatic rings. The van der Waals surface area contributed by atoms with Gasteiger partial charge in [0.2, 0.25) is 0 Å². The molecule has 0 radical (unpaired) electrons. The molecule has 1 aromatic heterocycles. The molecule has 5 heteroatoms. The Hall–Kier alpha value is -2.56. The fourth-order valence-electron chi connectivity index (χ4n) is 4.56. The van der Waals surface area contributed by atoms with Crippen molar-refractivity contribution in [2.45, 2.75) is 63.8 Å². The largest absolute Gasteiger partial charge is 0.456 e. The molecule has 154 valence electrons. The van der Waals surface area contributed by atoms with Gasteiger partial charge in [-0.15, -0.1) is 0 Å². The molecule has 1 saturated heterocycles. The number of piperidine rings is 1. The SMILES string of the molecule is Cc1ccc(C(=O)NC2CCN(C(=O)c3ccc(C4CCCCC4)cc3)CC2)o1. The number of nitrogens with zero attached hydrogens (tertiary/aromatic N) is 1. The number of carbonyl (C=O) groups is 2. The molecule has 1 saturated carbocycles. The van der Waals surface area contributed by atoms with Gasteiger partial charge in [-0.25, -0.2) is 0 Å². The number of rotatable bonds is 4. The number of carbonyl (C=O) groups excluding carboxylic acids is 2. The van der Waals surface area contributed by atoms with Gasteiger partial charge in [0.1, 0.15) is 5.76 Å². The van der Waals surface area contributed by atoms with Crippen LogP contribution in [-0.2, 0) is 0 Å². The van der Waals surface area contributed by atoms with Crippen LogP contribution in [0.25, 0.3) is 0 Å². The van der Waals surface area contributed by atoms with Crippen molar-refractivity contribution in [3.05, 3.63) is 59.0 Å². The highest BCUT2D eigenvalue weighted by Gasteiger charge is 2.26. The first kappa shape index (κ1) is 19.7. The van der Waals surface area contributed by atoms with E-state index in [9.17, 15) is 9.59 Å². The molecular weight excluding hydrogens is 364 g/mol. The summed E-state index contributed by atoms with van der Waals surface area (Å²) in [4.78, 5) is 27.0. The number of aryl methyl sites for hydroxylation is 1. The maximum atomic E-state index is 12.9. The number of likely N-dealkylation sites (tertiary alicyclic amines) is 1. The summed E-state index contributed by atoms with van der Waals surface area (Å²) in [6.45, 7) is 3.14. The number of hydrogen-bond donors (Lipinski definition) is 1. The first-order valence-electron chi connectivity index (χ1n) is 10.9. The number of amides is 2. The van der Waals surface area contributed by atoms with E-state index in [1.165, 1.54) is 37.7 Å². The fourth-order valence-corrected chi connectivity index (χ4v) is 4.56. The zero-order valence-electron chi connectivity index (χ0n) is 17.2. The van der Waals surface area contributed by atoms with E-state index in [1.807, 2.05) is 24.0 Å². The van der Waals surface area contributed by atoms with Crippen molar-refractivity contribution >= 4 is 11.8 Å². The molecule has 1 aromatic carbocycles. The summed E-state index contributed by atoms with van der Waals surface area (Å²) in [6.07, 6.45) is 8.04. The average molecular weight is 395 g/mol. The highest BCUT2D eigenvalue weighted by atomic mass is 16.3. The van der Waals surface area contributed by atoms with Crippen LogP contribution < -0.4 is 5.32 Å². The zero-order chi connectivity index (χ0) is 20.2. The number of hydrogen-bond acceptors (Lipinski definition) is 3. The molecular formula is C24H30N2O3. The minimum absolute atomic E-state index is 0.0747. The van der Waals surface area contributed by atoms with E-state index in [2.05, 4.69) is 17.4 Å². The highest BCUT2D eigenvalue weighted by Crippen LogP contribution is 2.32. The van der Waals surface area contributed by atoms with Crippen molar-refractivity contribution in [1.82, 2.24) is 10.2 Å². The Bertz CT molecular complexity index is 841. The molecule has 5 nitrogen and oxygen atoms in total. The smallest absolute Gasteiger partial charge is 0.287 e. The Morgan fingerprint density at radius 1 is 0.931 bits per heavy atom. The lowest BCUT2D eigenvalue weighted by molar-refractivity contribution is 0.0695. The van der Waals surface area contributed by atoms with E-state index in [1.54, 1.807) is 12.1 Å². The lowest BCUT2D eigenvalue weighted by Gasteiger charge is -2.32. The number of benzene rings is 1. The first-order chi connectivity index (χ1) is 14.1. The van der Waals surface area contributed by atoms with Gasteiger partial charge in [0.05, 0.1) is 0 Å². The third-order valence-corrected chi connectivity index (χ3v) is 6.32. The second-order valence-electron chi connectivity index (χ2n) is 8.41. The summed E-state index contributed by atoms with van der Waals surface area (Å²) in [5.74, 6) is 1.64. The quantitative estimate of drug-likeness (QED) is 0.820. The van der Waals surface area contributed by atoms with Crippen LogP contribution in [0.15, 0.2) is 40.8 Å². The van der Waals surface area contributed by atoms with E-state index in [-0.39, 0.29) is 17.9 Å². The van der Waals surface area contributed by atoms with Crippen molar-refractivity contribution < 1.29 is 14.0 Å². The first-order valence-corrected chi connectivity index (χ1v) is 10.9. The highest BCUT2D eigenvalue weighted by molar-refractivity contribution is 5.94. The van der Waals surface area contributed by atoms with Gasteiger partial charge in [0.25, 0.3) is 11.8 Å². The maximum absolute atomic E-state index is 12.9. The van der Waals surface area contributed by atoms with Gasteiger partial charge >= 0.3 is 0 Å². The third-order valence-electron chi connectivity index (χ3n) is 6.32. The summed E-state index contributed by atoms with van der Waals surface area (Å²) in [6, 6.07) is 11.8. The van der Waals surface area contributed by atoms with Crippen LogP contribution >= 0.6 is 0 Å². The van der Waals surface area contributed by atoms with Gasteiger partial charge in [0.15, 0.2) is 5.76 Å². The van der Waals surface area contributed by atoms with E-state index in [0.29, 0.717) is 24.8 Å². The molecule has 0 unspecified atom stereocenters. The second-order valence-corrected chi connectivity index (χ2v) is 8.41. The fraction of sp³-hybridized carbons (Fsp3) is 0.500. The van der Waals surface area contributed by atoms with Gasteiger partial charge in [-0.05, 0) is 68.4 Å². The Kier molecular flexibility index (Phi) is 6.02. The molecule has 1 aliphatic carbocycles. The monoisotopic (exact) mass is 394 g/mol. The second kappa shape index (κ2) is 8.85. The van der Waals surface area contributed by atoms with Crippen LogP contribution in [0.2, 0.25) is 0 Å². The lowest BCUT2D eigenvalue weighted by atomic mass is 9.84. The van der Waals surface area contributed by atoms with Crippen molar-refractivity contribution in [3.63, 3.8) is 0 Å². The van der Waals surface area contributed by atoms with Gasteiger partial charge in [-0.3, -0.25) is 9.59 Å². The summed E-state index contributed by atoms with van der Waals surface area (Å²) in [5, 5.41) is 3.02. The maximum Gasteiger partial charge on any atom is 0.287 e. The Morgan fingerprint density at radius 2 is 1.62 bits per heavy atom. The van der Waals surface area contributed by atoms with Gasteiger partial charge in [0, 0.05) is 24.7 Å². The van der Waals surface area contributed by atoms with E-state index < -0.39 is 0 Å². The molecule has 4 rings (SSSR count). The average Bonchev–Trinajstić information content (AvgIpc) is 3.21. The van der Waals surface area contributed by atoms with Crippen molar-refractivity contribution in [3.8, 4) is 0 Å². The minimum Gasteiger partial charge on any atom is -0.456 e. The van der Waals surface area contributed by atoms with Crippen LogP contribution in [0.1, 0.15) is 83.1 Å². The standard InChI is InChI=1S/C24H30N2O3/c1-17-7-12-22(29-17)23(27)25-21-13-15-26(16-14-21)24(28)20-10-8-19(9-11-20)18-5-3-2-4-6-18/h7-12,18,21H,2-6,13-16H2,1H3,(H,25,27). The molecule has 0 atom stereocenters. The van der Waals surface area contributed by atoms with Crippen molar-refractivity contribution in [2.75, 3.05) is 13.1 Å². The normalized spacial score (nSPS) is 18.6. The van der Waals surface area contributed by atoms with Gasteiger partial charge < -0.3 is 14.6 Å². The molecule has 29 heavy (non-hydrogen) atoms. The summed E-state index contributed by atoms with van der Waals surface area (Å²) in [7, 11) is 0. The van der Waals surface area contributed by atoms with Crippen LogP contribution in [0.4, 0.5) is 0 Å². The Balaban J connectivity index is 1.29. The number of furan rings is 1. The minimum atomic E-state index is -0.179. The summed E-state index contributed by atoms with van der Waals surface area (Å²) < 4.78 is 5.38. The van der Waals surface area contributed by atoms with Gasteiger partial charge in [-0.1, -0.05) is 31.4 Å². The molecule has 2 amide bonds. The molecule has 1 aliphatic heterocycles. The Labute approximate surface area is 172 Å². The Morgan fingerprint density at radius 3 is 2.24 bits per heavy atom. The van der Waals surface area contributed by atoms with Crippen LogP contribution in [0.3, 0.4) is 0 Å². The molecule has 0 spiro atoms. The number of nitrogens with one attached hydrogen (secondary N) is 1. The zero-order valence-corrected chi connectivity index (χ0v) is 17.2. The predicted molar refractivity (Wildman–Crippen MR) is 112 cm³/mol. The van der Waals surface area contributed by atoms with Crippen LogP contribution in [0, 0.1) is 6.92 Å². The predicted octanol–water partition coefficient (Wildman–Crippen LogP) is 4.67.